The Bertz CT molecular complexity index is 595. The van der Waals surface area contributed by atoms with Gasteiger partial charge in [0, 0.05) is 19.6 Å². The Hall–Kier alpha value is -2.00. The Morgan fingerprint density at radius 2 is 1.95 bits per heavy atom. The van der Waals surface area contributed by atoms with Crippen molar-refractivity contribution in [3.8, 4) is 11.5 Å². The molecule has 1 heterocycles. The van der Waals surface area contributed by atoms with E-state index in [9.17, 15) is 5.11 Å². The fraction of sp³-hybridized carbons (Fsp3) is 0.294. The van der Waals surface area contributed by atoms with Gasteiger partial charge in [0.1, 0.15) is 0 Å². The molecule has 0 aromatic heterocycles. The van der Waals surface area contributed by atoms with Crippen molar-refractivity contribution in [3.05, 3.63) is 59.2 Å². The summed E-state index contributed by atoms with van der Waals surface area (Å²) in [5.74, 6) is 0.799. The van der Waals surface area contributed by atoms with E-state index < -0.39 is 0 Å². The third-order valence-electron chi connectivity index (χ3n) is 3.84. The van der Waals surface area contributed by atoms with Crippen LogP contribution in [0, 0.1) is 0 Å². The zero-order valence-electron chi connectivity index (χ0n) is 11.7. The molecule has 0 fully saturated rings. The van der Waals surface area contributed by atoms with Gasteiger partial charge in [-0.25, -0.2) is 0 Å². The lowest BCUT2D eigenvalue weighted by Crippen LogP contribution is -2.30. The summed E-state index contributed by atoms with van der Waals surface area (Å²) in [4.78, 5) is 2.42. The quantitative estimate of drug-likeness (QED) is 0.930. The number of phenols is 1. The van der Waals surface area contributed by atoms with E-state index >= 15 is 0 Å². The van der Waals surface area contributed by atoms with Crippen LogP contribution in [0.1, 0.15) is 16.7 Å². The van der Waals surface area contributed by atoms with E-state index in [1.54, 1.807) is 7.11 Å². The lowest BCUT2D eigenvalue weighted by molar-refractivity contribution is 0.244. The molecule has 3 rings (SSSR count). The van der Waals surface area contributed by atoms with Crippen molar-refractivity contribution >= 4 is 0 Å². The fourth-order valence-corrected chi connectivity index (χ4v) is 2.77. The molecule has 20 heavy (non-hydrogen) atoms. The van der Waals surface area contributed by atoms with Crippen LogP contribution < -0.4 is 4.74 Å². The van der Waals surface area contributed by atoms with Gasteiger partial charge in [-0.05, 0) is 35.2 Å². The second kappa shape index (κ2) is 5.55. The molecule has 104 valence electrons. The van der Waals surface area contributed by atoms with Crippen LogP contribution in [0.3, 0.4) is 0 Å². The van der Waals surface area contributed by atoms with Crippen molar-refractivity contribution in [2.24, 2.45) is 0 Å². The molecule has 2 aromatic rings. The van der Waals surface area contributed by atoms with E-state index in [4.69, 9.17) is 4.74 Å². The summed E-state index contributed by atoms with van der Waals surface area (Å²) in [6, 6.07) is 14.3. The van der Waals surface area contributed by atoms with Gasteiger partial charge in [-0.2, -0.15) is 0 Å². The van der Waals surface area contributed by atoms with Crippen molar-refractivity contribution in [3.63, 3.8) is 0 Å². The topological polar surface area (TPSA) is 32.7 Å². The Morgan fingerprint density at radius 3 is 2.70 bits per heavy atom. The van der Waals surface area contributed by atoms with Crippen LogP contribution in [0.25, 0.3) is 0 Å². The maximum atomic E-state index is 9.83. The maximum absolute atomic E-state index is 9.83. The first-order valence-electron chi connectivity index (χ1n) is 6.91. The van der Waals surface area contributed by atoms with Crippen LogP contribution in [0.4, 0.5) is 0 Å². The molecular weight excluding hydrogens is 250 g/mol. The Labute approximate surface area is 119 Å². The van der Waals surface area contributed by atoms with Crippen LogP contribution >= 0.6 is 0 Å². The first kappa shape index (κ1) is 13.0. The smallest absolute Gasteiger partial charge is 0.160 e. The summed E-state index contributed by atoms with van der Waals surface area (Å²) in [6.45, 7) is 2.89. The second-order valence-electron chi connectivity index (χ2n) is 5.24. The number of phenolic OH excluding ortho intramolecular Hbond substituents is 1. The van der Waals surface area contributed by atoms with Crippen LogP contribution in [0.2, 0.25) is 0 Å². The molecule has 0 unspecified atom stereocenters. The largest absolute Gasteiger partial charge is 0.504 e. The third kappa shape index (κ3) is 2.63. The lowest BCUT2D eigenvalue weighted by atomic mass is 9.98. The molecule has 0 spiro atoms. The number of ether oxygens (including phenoxy) is 1. The zero-order valence-corrected chi connectivity index (χ0v) is 11.7. The van der Waals surface area contributed by atoms with Crippen LogP contribution in [-0.4, -0.2) is 23.7 Å². The first-order valence-corrected chi connectivity index (χ1v) is 6.91. The average molecular weight is 269 g/mol. The number of methoxy groups -OCH3 is 1. The molecule has 1 aliphatic heterocycles. The second-order valence-corrected chi connectivity index (χ2v) is 5.24. The summed E-state index contributed by atoms with van der Waals surface area (Å²) in [7, 11) is 1.59. The fourth-order valence-electron chi connectivity index (χ4n) is 2.77. The molecule has 1 aliphatic rings. The summed E-state index contributed by atoms with van der Waals surface area (Å²) < 4.78 is 5.20. The molecule has 2 aromatic carbocycles. The molecule has 0 amide bonds. The minimum Gasteiger partial charge on any atom is -0.504 e. The average Bonchev–Trinajstić information content (AvgIpc) is 2.48. The minimum absolute atomic E-state index is 0.239. The highest BCUT2D eigenvalue weighted by Gasteiger charge is 2.18. The van der Waals surface area contributed by atoms with Crippen molar-refractivity contribution in [2.45, 2.75) is 19.5 Å². The summed E-state index contributed by atoms with van der Waals surface area (Å²) in [5, 5.41) is 9.83. The predicted molar refractivity (Wildman–Crippen MR) is 78.9 cm³/mol. The molecule has 0 bridgehead atoms. The van der Waals surface area contributed by atoms with E-state index in [0.29, 0.717) is 5.75 Å². The van der Waals surface area contributed by atoms with Gasteiger partial charge < -0.3 is 9.84 Å². The third-order valence-corrected chi connectivity index (χ3v) is 3.84. The number of hydrogen-bond donors (Lipinski definition) is 1. The Balaban J connectivity index is 1.78. The molecular formula is C17H19NO2. The number of benzene rings is 2. The first-order chi connectivity index (χ1) is 9.76. The molecule has 1 N–H and O–H groups in total. The van der Waals surface area contributed by atoms with Gasteiger partial charge in [0.2, 0.25) is 0 Å². The number of hydrogen-bond acceptors (Lipinski definition) is 3. The van der Waals surface area contributed by atoms with Crippen LogP contribution in [0.15, 0.2) is 42.5 Å². The predicted octanol–water partition coefficient (Wildman–Crippen LogP) is 2.96. The maximum Gasteiger partial charge on any atom is 0.160 e. The Morgan fingerprint density at radius 1 is 1.15 bits per heavy atom. The molecule has 0 radical (unpaired) electrons. The van der Waals surface area contributed by atoms with Gasteiger partial charge in [0.25, 0.3) is 0 Å². The molecule has 3 heteroatoms. The van der Waals surface area contributed by atoms with Gasteiger partial charge in [0.05, 0.1) is 7.11 Å². The Kier molecular flexibility index (Phi) is 3.61. The van der Waals surface area contributed by atoms with Gasteiger partial charge in [0.15, 0.2) is 11.5 Å². The summed E-state index contributed by atoms with van der Waals surface area (Å²) >= 11 is 0. The van der Waals surface area contributed by atoms with Crippen molar-refractivity contribution < 1.29 is 9.84 Å². The standard InChI is InChI=1S/C17H19NO2/c1-20-17-10-15-12-18(8-7-14(15)9-16(17)19)11-13-5-3-2-4-6-13/h2-6,9-10,19H,7-8,11-12H2,1H3. The molecule has 0 atom stereocenters. The number of nitrogens with zero attached hydrogens (tertiary/aromatic N) is 1. The molecule has 0 aliphatic carbocycles. The number of rotatable bonds is 3. The van der Waals surface area contributed by atoms with E-state index in [1.165, 1.54) is 16.7 Å². The van der Waals surface area contributed by atoms with Gasteiger partial charge >= 0.3 is 0 Å². The van der Waals surface area contributed by atoms with Crippen molar-refractivity contribution in [1.29, 1.82) is 0 Å². The SMILES string of the molecule is COc1cc2c(cc1O)CCN(Cc1ccccc1)C2. The van der Waals surface area contributed by atoms with Crippen LogP contribution in [0.5, 0.6) is 11.5 Å². The van der Waals surface area contributed by atoms with Crippen molar-refractivity contribution in [1.82, 2.24) is 4.90 Å². The van der Waals surface area contributed by atoms with Gasteiger partial charge in [-0.1, -0.05) is 30.3 Å². The van der Waals surface area contributed by atoms with Crippen molar-refractivity contribution in [2.75, 3.05) is 13.7 Å². The van der Waals surface area contributed by atoms with Crippen LogP contribution in [-0.2, 0) is 19.5 Å². The highest BCUT2D eigenvalue weighted by molar-refractivity contribution is 5.47. The highest BCUT2D eigenvalue weighted by Crippen LogP contribution is 2.32. The summed E-state index contributed by atoms with van der Waals surface area (Å²) in [5.41, 5.74) is 3.82. The monoisotopic (exact) mass is 269 g/mol. The minimum atomic E-state index is 0.239. The van der Waals surface area contributed by atoms with E-state index in [2.05, 4.69) is 29.2 Å². The normalized spacial score (nSPS) is 14.8. The van der Waals surface area contributed by atoms with Gasteiger partial charge in [-0.3, -0.25) is 4.90 Å². The number of aromatic hydroxyl groups is 1. The summed E-state index contributed by atoms with van der Waals surface area (Å²) in [6.07, 6.45) is 0.972. The molecule has 3 nitrogen and oxygen atoms in total. The molecule has 0 saturated heterocycles. The van der Waals surface area contributed by atoms with E-state index in [-0.39, 0.29) is 5.75 Å². The van der Waals surface area contributed by atoms with E-state index in [1.807, 2.05) is 18.2 Å². The highest BCUT2D eigenvalue weighted by atomic mass is 16.5. The number of fused-ring (bicyclic) bond motifs is 1. The van der Waals surface area contributed by atoms with Gasteiger partial charge in [-0.15, -0.1) is 0 Å². The van der Waals surface area contributed by atoms with E-state index in [0.717, 1.165) is 26.1 Å². The lowest BCUT2D eigenvalue weighted by Gasteiger charge is -2.29. The zero-order chi connectivity index (χ0) is 13.9. The molecule has 0 saturated carbocycles.